The average molecular weight is 587 g/mol. The van der Waals surface area contributed by atoms with Crippen LogP contribution in [0.15, 0.2) is 95.7 Å². The van der Waals surface area contributed by atoms with Crippen LogP contribution in [0.4, 0.5) is 0 Å². The molecule has 0 unspecified atom stereocenters. The minimum absolute atomic E-state index is 0.0184. The molecule has 2 amide bonds. The highest BCUT2D eigenvalue weighted by molar-refractivity contribution is 6.19. The van der Waals surface area contributed by atoms with Crippen LogP contribution < -0.4 is 9.47 Å². The fourth-order valence-corrected chi connectivity index (χ4v) is 5.01. The van der Waals surface area contributed by atoms with Crippen LogP contribution in [0, 0.1) is 24.2 Å². The van der Waals surface area contributed by atoms with Crippen molar-refractivity contribution in [1.29, 1.82) is 5.26 Å². The number of nitriles is 1. The monoisotopic (exact) mass is 586 g/mol. The van der Waals surface area contributed by atoms with Gasteiger partial charge >= 0.3 is 0 Å². The van der Waals surface area contributed by atoms with Crippen LogP contribution in [0.5, 0.6) is 11.5 Å². The number of rotatable bonds is 9. The Bertz CT molecular complexity index is 1810. The van der Waals surface area contributed by atoms with Crippen molar-refractivity contribution in [2.75, 3.05) is 13.7 Å². The number of nitrogens with zero attached hydrogens (tertiary/aromatic N) is 4. The number of aryl methyl sites for hydroxylation is 1. The molecule has 1 aromatic heterocycles. The van der Waals surface area contributed by atoms with Crippen LogP contribution >= 0.6 is 0 Å². The van der Waals surface area contributed by atoms with Gasteiger partial charge in [0.15, 0.2) is 0 Å². The smallest absolute Gasteiger partial charge is 0.271 e. The van der Waals surface area contributed by atoms with Crippen LogP contribution in [0.3, 0.4) is 0 Å². The number of amides is 2. The molecule has 5 rings (SSSR count). The molecule has 1 aliphatic heterocycles. The molecule has 0 saturated carbocycles. The number of hydrogen-bond donors (Lipinski definition) is 0. The van der Waals surface area contributed by atoms with Gasteiger partial charge in [0.2, 0.25) is 0 Å². The third-order valence-electron chi connectivity index (χ3n) is 7.42. The fourth-order valence-electron chi connectivity index (χ4n) is 5.01. The van der Waals surface area contributed by atoms with Crippen LogP contribution in [-0.4, -0.2) is 40.2 Å². The van der Waals surface area contributed by atoms with E-state index in [1.807, 2.05) is 67.7 Å². The number of aromatic nitrogens is 2. The van der Waals surface area contributed by atoms with Gasteiger partial charge in [0, 0.05) is 22.9 Å². The van der Waals surface area contributed by atoms with Crippen molar-refractivity contribution in [1.82, 2.24) is 14.7 Å². The summed E-state index contributed by atoms with van der Waals surface area (Å²) in [7, 11) is 1.57. The number of carbonyl (C=O) groups excluding carboxylic acids is 2. The summed E-state index contributed by atoms with van der Waals surface area (Å²) in [5, 5.41) is 14.9. The quantitative estimate of drug-likeness (QED) is 0.160. The largest absolute Gasteiger partial charge is 0.497 e. The second-order valence-electron chi connectivity index (χ2n) is 11.1. The van der Waals surface area contributed by atoms with Crippen molar-refractivity contribution in [2.45, 2.75) is 34.2 Å². The van der Waals surface area contributed by atoms with E-state index in [1.54, 1.807) is 49.1 Å². The predicted octanol–water partition coefficient (Wildman–Crippen LogP) is 6.68. The molecule has 0 aliphatic carbocycles. The summed E-state index contributed by atoms with van der Waals surface area (Å²) in [6.07, 6.45) is 3.59. The Balaban J connectivity index is 1.61. The van der Waals surface area contributed by atoms with Gasteiger partial charge in [-0.2, -0.15) is 10.4 Å². The van der Waals surface area contributed by atoms with Gasteiger partial charge in [-0.05, 0) is 85.0 Å². The van der Waals surface area contributed by atoms with Crippen molar-refractivity contribution in [2.24, 2.45) is 5.92 Å². The summed E-state index contributed by atoms with van der Waals surface area (Å²) in [4.78, 5) is 28.3. The Morgan fingerprint density at radius 3 is 2.30 bits per heavy atom. The molecule has 0 fully saturated rings. The molecule has 3 aromatic carbocycles. The number of para-hydroxylation sites is 1. The zero-order chi connectivity index (χ0) is 31.4. The average Bonchev–Trinajstić information content (AvgIpc) is 3.45. The van der Waals surface area contributed by atoms with Gasteiger partial charge in [-0.1, -0.05) is 44.2 Å². The molecule has 8 nitrogen and oxygen atoms in total. The highest BCUT2D eigenvalue weighted by Crippen LogP contribution is 2.34. The van der Waals surface area contributed by atoms with Crippen LogP contribution in [0.2, 0.25) is 0 Å². The first-order valence-corrected chi connectivity index (χ1v) is 14.4. The summed E-state index contributed by atoms with van der Waals surface area (Å²) >= 11 is 0. The van der Waals surface area contributed by atoms with E-state index >= 15 is 0 Å². The first-order valence-electron chi connectivity index (χ1n) is 14.4. The van der Waals surface area contributed by atoms with Gasteiger partial charge in [0.25, 0.3) is 11.8 Å². The highest BCUT2D eigenvalue weighted by atomic mass is 16.5. The van der Waals surface area contributed by atoms with Gasteiger partial charge in [-0.3, -0.25) is 14.5 Å². The number of ether oxygens (including phenoxy) is 2. The maximum absolute atomic E-state index is 13.9. The number of imide groups is 1. The molecule has 0 spiro atoms. The van der Waals surface area contributed by atoms with E-state index in [-0.39, 0.29) is 17.7 Å². The molecule has 0 N–H and O–H groups in total. The van der Waals surface area contributed by atoms with Crippen molar-refractivity contribution in [3.05, 3.63) is 112 Å². The predicted molar refractivity (Wildman–Crippen MR) is 169 cm³/mol. The first kappa shape index (κ1) is 30.1. The van der Waals surface area contributed by atoms with Gasteiger partial charge in [0.05, 0.1) is 25.9 Å². The summed E-state index contributed by atoms with van der Waals surface area (Å²) < 4.78 is 12.9. The molecule has 4 aromatic rings. The first-order chi connectivity index (χ1) is 21.2. The molecule has 0 radical (unpaired) electrons. The van der Waals surface area contributed by atoms with Crippen molar-refractivity contribution in [3.8, 4) is 34.5 Å². The molecular weight excluding hydrogens is 552 g/mol. The minimum Gasteiger partial charge on any atom is -0.497 e. The Kier molecular flexibility index (Phi) is 8.77. The van der Waals surface area contributed by atoms with Gasteiger partial charge < -0.3 is 9.47 Å². The Morgan fingerprint density at radius 2 is 1.66 bits per heavy atom. The summed E-state index contributed by atoms with van der Waals surface area (Å²) in [5.41, 5.74) is 5.28. The topological polar surface area (TPSA) is 97.5 Å². The molecule has 44 heavy (non-hydrogen) atoms. The van der Waals surface area contributed by atoms with E-state index in [1.165, 1.54) is 0 Å². The van der Waals surface area contributed by atoms with Crippen LogP contribution in [0.1, 0.15) is 37.5 Å². The van der Waals surface area contributed by atoms with E-state index in [9.17, 15) is 14.9 Å². The summed E-state index contributed by atoms with van der Waals surface area (Å²) in [6.45, 7) is 8.46. The number of carbonyl (C=O) groups is 2. The normalized spacial score (nSPS) is 14.4. The molecule has 8 heteroatoms. The van der Waals surface area contributed by atoms with E-state index in [4.69, 9.17) is 14.6 Å². The molecule has 0 bridgehead atoms. The third kappa shape index (κ3) is 6.18. The molecular formula is C36H34N4O4. The Morgan fingerprint density at radius 1 is 0.955 bits per heavy atom. The van der Waals surface area contributed by atoms with E-state index in [0.717, 1.165) is 33.0 Å². The third-order valence-corrected chi connectivity index (χ3v) is 7.42. The number of hydrogen-bond acceptors (Lipinski definition) is 6. The maximum Gasteiger partial charge on any atom is 0.271 e. The SMILES string of the molecule is COc1ccc(CN2C(=O)C(C#N)=C(C)/C(=C\c3cn(-c4ccccc4)nc3-c3ccc(OCC(C)C)cc3C)C2=O)cc1. The van der Waals surface area contributed by atoms with E-state index < -0.39 is 11.8 Å². The lowest BCUT2D eigenvalue weighted by Gasteiger charge is -2.27. The highest BCUT2D eigenvalue weighted by Gasteiger charge is 2.36. The Hall–Kier alpha value is -5.42. The summed E-state index contributed by atoms with van der Waals surface area (Å²) in [6, 6.07) is 24.7. The van der Waals surface area contributed by atoms with Gasteiger partial charge in [-0.25, -0.2) is 4.68 Å². The molecule has 0 atom stereocenters. The molecule has 1 aliphatic rings. The standard InChI is InChI=1S/C36H34N4O4/c1-23(2)22-44-30-15-16-31(24(3)17-30)34-27(21-40(38-34)28-9-7-6-8-10-28)18-32-25(4)33(19-37)36(42)39(35(32)41)20-26-11-13-29(43-5)14-12-26/h6-18,21,23H,20,22H2,1-5H3/b32-18+. The van der Waals surface area contributed by atoms with Crippen molar-refractivity contribution >= 4 is 17.9 Å². The van der Waals surface area contributed by atoms with Gasteiger partial charge in [-0.15, -0.1) is 0 Å². The second-order valence-corrected chi connectivity index (χ2v) is 11.1. The Labute approximate surface area is 257 Å². The van der Waals surface area contributed by atoms with E-state index in [0.29, 0.717) is 35.1 Å². The van der Waals surface area contributed by atoms with Gasteiger partial charge in [0.1, 0.15) is 28.8 Å². The summed E-state index contributed by atoms with van der Waals surface area (Å²) in [5.74, 6) is 0.742. The lowest BCUT2D eigenvalue weighted by atomic mass is 9.92. The fraction of sp³-hybridized carbons (Fsp3) is 0.222. The molecule has 2 heterocycles. The molecule has 0 saturated heterocycles. The second kappa shape index (κ2) is 12.8. The zero-order valence-electron chi connectivity index (χ0n) is 25.5. The van der Waals surface area contributed by atoms with Crippen molar-refractivity contribution in [3.63, 3.8) is 0 Å². The number of methoxy groups -OCH3 is 1. The zero-order valence-corrected chi connectivity index (χ0v) is 25.5. The van der Waals surface area contributed by atoms with Crippen molar-refractivity contribution < 1.29 is 19.1 Å². The molecule has 222 valence electrons. The lowest BCUT2D eigenvalue weighted by Crippen LogP contribution is -2.42. The van der Waals surface area contributed by atoms with E-state index in [2.05, 4.69) is 13.8 Å². The maximum atomic E-state index is 13.9. The lowest BCUT2D eigenvalue weighted by molar-refractivity contribution is -0.141. The number of benzene rings is 3. The van der Waals surface area contributed by atoms with Crippen LogP contribution in [-0.2, 0) is 16.1 Å². The van der Waals surface area contributed by atoms with Crippen LogP contribution in [0.25, 0.3) is 23.0 Å². The minimum atomic E-state index is -0.615.